The minimum absolute atomic E-state index is 0.0661. The summed E-state index contributed by atoms with van der Waals surface area (Å²) in [5.41, 5.74) is 0.805. The number of hydrogen-bond donors (Lipinski definition) is 1. The van der Waals surface area contributed by atoms with Crippen LogP contribution in [0.2, 0.25) is 0 Å². The molecule has 0 saturated heterocycles. The number of nitrogens with one attached hydrogen (secondary N) is 1. The second-order valence-electron chi connectivity index (χ2n) is 5.89. The van der Waals surface area contributed by atoms with E-state index in [1.54, 1.807) is 24.0 Å². The van der Waals surface area contributed by atoms with Gasteiger partial charge in [-0.05, 0) is 44.4 Å². The van der Waals surface area contributed by atoms with Crippen LogP contribution in [0, 0.1) is 5.82 Å². The first-order valence-electron chi connectivity index (χ1n) is 8.23. The highest BCUT2D eigenvalue weighted by molar-refractivity contribution is 5.87. The van der Waals surface area contributed by atoms with Crippen molar-refractivity contribution in [3.63, 3.8) is 0 Å². The fourth-order valence-electron chi connectivity index (χ4n) is 2.19. The summed E-state index contributed by atoms with van der Waals surface area (Å²) in [6, 6.07) is 5.51. The molecule has 128 valence electrons. The van der Waals surface area contributed by atoms with Gasteiger partial charge in [-0.3, -0.25) is 9.59 Å². The molecule has 0 aliphatic carbocycles. The van der Waals surface area contributed by atoms with Gasteiger partial charge in [-0.25, -0.2) is 4.39 Å². The van der Waals surface area contributed by atoms with Gasteiger partial charge in [-0.2, -0.15) is 0 Å². The molecule has 1 aromatic carbocycles. The fourth-order valence-corrected chi connectivity index (χ4v) is 2.19. The number of hydrogen-bond acceptors (Lipinski definition) is 2. The van der Waals surface area contributed by atoms with E-state index in [4.69, 9.17) is 0 Å². The molecule has 0 fully saturated rings. The summed E-state index contributed by atoms with van der Waals surface area (Å²) in [6.07, 6.45) is 1.94. The van der Waals surface area contributed by atoms with Crippen LogP contribution in [0.3, 0.4) is 0 Å². The summed E-state index contributed by atoms with van der Waals surface area (Å²) in [6.45, 7) is 7.89. The number of halogens is 1. The Morgan fingerprint density at radius 3 is 2.30 bits per heavy atom. The summed E-state index contributed by atoms with van der Waals surface area (Å²) in [5.74, 6) is -0.544. The smallest absolute Gasteiger partial charge is 0.242 e. The Balaban J connectivity index is 2.88. The third kappa shape index (κ3) is 6.00. The first-order chi connectivity index (χ1) is 10.9. The standard InChI is InChI=1S/C18H27FN2O2/c1-5-7-17(22)21(12-15-8-10-16(19)11-9-15)14(4)18(23)20-13(3)6-2/h8-11,13-14H,5-7,12H2,1-4H3,(H,20,23). The van der Waals surface area contributed by atoms with Crippen LogP contribution in [-0.2, 0) is 16.1 Å². The molecule has 2 atom stereocenters. The van der Waals surface area contributed by atoms with Crippen molar-refractivity contribution in [2.24, 2.45) is 0 Å². The SMILES string of the molecule is CCCC(=O)N(Cc1ccc(F)cc1)C(C)C(=O)NC(C)CC. The zero-order valence-electron chi connectivity index (χ0n) is 14.4. The van der Waals surface area contributed by atoms with Crippen molar-refractivity contribution >= 4 is 11.8 Å². The van der Waals surface area contributed by atoms with Gasteiger partial charge in [0.1, 0.15) is 11.9 Å². The second kappa shape index (κ2) is 9.28. The quantitative estimate of drug-likeness (QED) is 0.798. The second-order valence-corrected chi connectivity index (χ2v) is 5.89. The van der Waals surface area contributed by atoms with E-state index in [0.717, 1.165) is 18.4 Å². The van der Waals surface area contributed by atoms with Crippen LogP contribution >= 0.6 is 0 Å². The molecule has 0 aliphatic rings. The molecule has 4 nitrogen and oxygen atoms in total. The third-order valence-corrected chi connectivity index (χ3v) is 3.90. The summed E-state index contributed by atoms with van der Waals surface area (Å²) >= 11 is 0. The van der Waals surface area contributed by atoms with Crippen molar-refractivity contribution in [2.45, 2.75) is 65.6 Å². The number of nitrogens with zero attached hydrogens (tertiary/aromatic N) is 1. The Labute approximate surface area is 138 Å². The first-order valence-corrected chi connectivity index (χ1v) is 8.23. The lowest BCUT2D eigenvalue weighted by Crippen LogP contribution is -2.49. The molecule has 1 aromatic rings. The van der Waals surface area contributed by atoms with Gasteiger partial charge in [0.05, 0.1) is 0 Å². The van der Waals surface area contributed by atoms with Gasteiger partial charge in [0.15, 0.2) is 0 Å². The lowest BCUT2D eigenvalue weighted by atomic mass is 10.1. The Morgan fingerprint density at radius 1 is 1.17 bits per heavy atom. The average Bonchev–Trinajstić information content (AvgIpc) is 2.53. The number of amides is 2. The molecular weight excluding hydrogens is 295 g/mol. The van der Waals surface area contributed by atoms with Crippen molar-refractivity contribution in [3.05, 3.63) is 35.6 Å². The molecule has 0 bridgehead atoms. The molecule has 0 aromatic heterocycles. The van der Waals surface area contributed by atoms with Crippen LogP contribution in [0.5, 0.6) is 0 Å². The van der Waals surface area contributed by atoms with E-state index in [1.165, 1.54) is 12.1 Å². The van der Waals surface area contributed by atoms with Gasteiger partial charge in [-0.15, -0.1) is 0 Å². The molecule has 0 spiro atoms. The van der Waals surface area contributed by atoms with E-state index in [0.29, 0.717) is 13.0 Å². The maximum Gasteiger partial charge on any atom is 0.242 e. The first kappa shape index (κ1) is 19.1. The van der Waals surface area contributed by atoms with Gasteiger partial charge in [0, 0.05) is 19.0 Å². The molecule has 1 rings (SSSR count). The average molecular weight is 322 g/mol. The summed E-state index contributed by atoms with van der Waals surface area (Å²) in [7, 11) is 0. The van der Waals surface area contributed by atoms with Crippen LogP contribution in [0.25, 0.3) is 0 Å². The maximum atomic E-state index is 13.0. The lowest BCUT2D eigenvalue weighted by molar-refractivity contribution is -0.140. The molecule has 0 radical (unpaired) electrons. The van der Waals surface area contributed by atoms with Gasteiger partial charge < -0.3 is 10.2 Å². The molecule has 2 unspecified atom stereocenters. The molecular formula is C18H27FN2O2. The molecule has 2 amide bonds. The van der Waals surface area contributed by atoms with Crippen LogP contribution in [-0.4, -0.2) is 28.8 Å². The minimum Gasteiger partial charge on any atom is -0.352 e. The van der Waals surface area contributed by atoms with Crippen LogP contribution in [0.4, 0.5) is 4.39 Å². The molecule has 5 heteroatoms. The van der Waals surface area contributed by atoms with Gasteiger partial charge in [0.25, 0.3) is 0 Å². The van der Waals surface area contributed by atoms with Crippen LogP contribution in [0.1, 0.15) is 52.5 Å². The minimum atomic E-state index is -0.562. The normalized spacial score (nSPS) is 13.3. The largest absolute Gasteiger partial charge is 0.352 e. The predicted octanol–water partition coefficient (Wildman–Crippen LogP) is 3.26. The Bertz CT molecular complexity index is 516. The summed E-state index contributed by atoms with van der Waals surface area (Å²) < 4.78 is 13.0. The van der Waals surface area contributed by atoms with Crippen molar-refractivity contribution in [1.82, 2.24) is 10.2 Å². The van der Waals surface area contributed by atoms with Crippen molar-refractivity contribution in [3.8, 4) is 0 Å². The molecule has 0 saturated carbocycles. The van der Waals surface area contributed by atoms with E-state index >= 15 is 0 Å². The topological polar surface area (TPSA) is 49.4 Å². The van der Waals surface area contributed by atoms with E-state index in [9.17, 15) is 14.0 Å². The zero-order chi connectivity index (χ0) is 17.4. The highest BCUT2D eigenvalue weighted by atomic mass is 19.1. The van der Waals surface area contributed by atoms with Crippen molar-refractivity contribution < 1.29 is 14.0 Å². The zero-order valence-corrected chi connectivity index (χ0v) is 14.4. The van der Waals surface area contributed by atoms with E-state index < -0.39 is 6.04 Å². The highest BCUT2D eigenvalue weighted by Crippen LogP contribution is 2.13. The van der Waals surface area contributed by atoms with E-state index in [2.05, 4.69) is 5.32 Å². The Kier molecular flexibility index (Phi) is 7.72. The summed E-state index contributed by atoms with van der Waals surface area (Å²) in [4.78, 5) is 26.3. The maximum absolute atomic E-state index is 13.0. The molecule has 0 aliphatic heterocycles. The molecule has 0 heterocycles. The van der Waals surface area contributed by atoms with Crippen molar-refractivity contribution in [2.75, 3.05) is 0 Å². The van der Waals surface area contributed by atoms with Gasteiger partial charge in [0.2, 0.25) is 11.8 Å². The Hall–Kier alpha value is -1.91. The van der Waals surface area contributed by atoms with Crippen LogP contribution in [0.15, 0.2) is 24.3 Å². The monoisotopic (exact) mass is 322 g/mol. The molecule has 23 heavy (non-hydrogen) atoms. The van der Waals surface area contributed by atoms with Gasteiger partial charge in [-0.1, -0.05) is 26.0 Å². The van der Waals surface area contributed by atoms with Gasteiger partial charge >= 0.3 is 0 Å². The van der Waals surface area contributed by atoms with Crippen LogP contribution < -0.4 is 5.32 Å². The van der Waals surface area contributed by atoms with E-state index in [1.807, 2.05) is 20.8 Å². The Morgan fingerprint density at radius 2 is 1.78 bits per heavy atom. The number of carbonyl (C=O) groups is 2. The number of carbonyl (C=O) groups excluding carboxylic acids is 2. The predicted molar refractivity (Wildman–Crippen MR) is 89.2 cm³/mol. The van der Waals surface area contributed by atoms with Crippen molar-refractivity contribution in [1.29, 1.82) is 0 Å². The molecule has 1 N–H and O–H groups in total. The van der Waals surface area contributed by atoms with E-state index in [-0.39, 0.29) is 23.7 Å². The summed E-state index contributed by atoms with van der Waals surface area (Å²) in [5, 5.41) is 2.91. The lowest BCUT2D eigenvalue weighted by Gasteiger charge is -2.29. The number of rotatable bonds is 8. The third-order valence-electron chi connectivity index (χ3n) is 3.90. The fraction of sp³-hybridized carbons (Fsp3) is 0.556. The highest BCUT2D eigenvalue weighted by Gasteiger charge is 2.26. The number of benzene rings is 1.